The number of halogens is 2. The molecule has 4 aromatic rings. The van der Waals surface area contributed by atoms with Gasteiger partial charge in [0.2, 0.25) is 5.88 Å². The number of aryl methyl sites for hydroxylation is 2. The summed E-state index contributed by atoms with van der Waals surface area (Å²) in [7, 11) is 4.34. The van der Waals surface area contributed by atoms with Crippen LogP contribution in [0.25, 0.3) is 22.4 Å². The van der Waals surface area contributed by atoms with E-state index in [4.69, 9.17) is 32.9 Å². The highest BCUT2D eigenvalue weighted by atomic mass is 35.5. The normalized spacial score (nSPS) is 14.1. The van der Waals surface area contributed by atoms with Gasteiger partial charge < -0.3 is 25.0 Å². The average Bonchev–Trinajstić information content (AvgIpc) is 3.40. The second-order valence-electron chi connectivity index (χ2n) is 9.95. The number of aliphatic hydroxyl groups excluding tert-OH is 1. The molecule has 218 valence electrons. The largest absolute Gasteiger partial charge is 0.481 e. The number of ether oxygens (including phenoxy) is 1. The number of carbonyl (C=O) groups excluding carboxylic acids is 1. The van der Waals surface area contributed by atoms with Gasteiger partial charge in [-0.2, -0.15) is 0 Å². The predicted molar refractivity (Wildman–Crippen MR) is 163 cm³/mol. The summed E-state index contributed by atoms with van der Waals surface area (Å²) in [5, 5.41) is 15.9. The highest BCUT2D eigenvalue weighted by Crippen LogP contribution is 2.44. The van der Waals surface area contributed by atoms with E-state index in [9.17, 15) is 19.5 Å². The van der Waals surface area contributed by atoms with Crippen molar-refractivity contribution in [2.75, 3.05) is 25.6 Å². The predicted octanol–water partition coefficient (Wildman–Crippen LogP) is 3.95. The highest BCUT2D eigenvalue weighted by molar-refractivity contribution is 6.39. The summed E-state index contributed by atoms with van der Waals surface area (Å²) in [6.45, 7) is 0.520. The molecule has 0 saturated carbocycles. The SMILES string of the molecule is COc1nc(-c2cccc(-c3cccc(NC(=O)c4cn(C)c(=O)n(C)c4=O)c3Cl)c2Cl)cc2c1C(NCCO)CC2. The second-order valence-corrected chi connectivity index (χ2v) is 10.7. The first-order valence-corrected chi connectivity index (χ1v) is 14.0. The molecule has 5 rings (SSSR count). The Morgan fingerprint density at radius 1 is 1.10 bits per heavy atom. The summed E-state index contributed by atoms with van der Waals surface area (Å²) in [4.78, 5) is 42.4. The van der Waals surface area contributed by atoms with Crippen LogP contribution in [0.2, 0.25) is 10.0 Å². The van der Waals surface area contributed by atoms with Crippen molar-refractivity contribution in [3.05, 3.63) is 96.2 Å². The van der Waals surface area contributed by atoms with Gasteiger partial charge in [-0.05, 0) is 30.5 Å². The smallest absolute Gasteiger partial charge is 0.330 e. The summed E-state index contributed by atoms with van der Waals surface area (Å²) >= 11 is 13.8. The number of anilines is 1. The lowest BCUT2D eigenvalue weighted by molar-refractivity contribution is 0.102. The molecule has 0 aliphatic heterocycles. The van der Waals surface area contributed by atoms with Crippen molar-refractivity contribution in [2.24, 2.45) is 14.1 Å². The number of benzene rings is 2. The van der Waals surface area contributed by atoms with Crippen LogP contribution in [0.5, 0.6) is 5.88 Å². The van der Waals surface area contributed by atoms with Crippen LogP contribution in [0.1, 0.15) is 33.9 Å². The average molecular weight is 610 g/mol. The van der Waals surface area contributed by atoms with Crippen LogP contribution in [-0.4, -0.2) is 45.4 Å². The van der Waals surface area contributed by atoms with Crippen LogP contribution in [0.3, 0.4) is 0 Å². The minimum absolute atomic E-state index is 0.0428. The van der Waals surface area contributed by atoms with E-state index < -0.39 is 17.2 Å². The molecular formula is C30H29Cl2N5O5. The van der Waals surface area contributed by atoms with Crippen molar-refractivity contribution in [3.8, 4) is 28.3 Å². The lowest BCUT2D eigenvalue weighted by Crippen LogP contribution is -2.40. The Balaban J connectivity index is 1.51. The van der Waals surface area contributed by atoms with Gasteiger partial charge in [-0.1, -0.05) is 53.5 Å². The third-order valence-electron chi connectivity index (χ3n) is 7.36. The van der Waals surface area contributed by atoms with Crippen molar-refractivity contribution in [2.45, 2.75) is 18.9 Å². The maximum absolute atomic E-state index is 13.0. The number of amides is 1. The van der Waals surface area contributed by atoms with E-state index in [1.54, 1.807) is 25.3 Å². The van der Waals surface area contributed by atoms with E-state index in [0.717, 1.165) is 33.1 Å². The van der Waals surface area contributed by atoms with Crippen molar-refractivity contribution in [1.82, 2.24) is 19.4 Å². The van der Waals surface area contributed by atoms with Gasteiger partial charge in [0, 0.05) is 55.1 Å². The Kier molecular flexibility index (Phi) is 8.51. The first-order valence-electron chi connectivity index (χ1n) is 13.2. The molecule has 1 unspecified atom stereocenters. The molecule has 0 fully saturated rings. The zero-order valence-electron chi connectivity index (χ0n) is 23.2. The fourth-order valence-corrected chi connectivity index (χ4v) is 5.87. The second kappa shape index (κ2) is 12.1. The number of methoxy groups -OCH3 is 1. The summed E-state index contributed by atoms with van der Waals surface area (Å²) in [5.41, 5.74) is 3.41. The van der Waals surface area contributed by atoms with E-state index in [-0.39, 0.29) is 28.9 Å². The van der Waals surface area contributed by atoms with Crippen LogP contribution in [-0.2, 0) is 20.5 Å². The van der Waals surface area contributed by atoms with Crippen LogP contribution >= 0.6 is 23.2 Å². The van der Waals surface area contributed by atoms with Crippen LogP contribution in [0, 0.1) is 0 Å². The molecule has 0 saturated heterocycles. The van der Waals surface area contributed by atoms with Crippen LogP contribution in [0.15, 0.2) is 58.3 Å². The van der Waals surface area contributed by atoms with Crippen LogP contribution < -0.4 is 26.6 Å². The maximum atomic E-state index is 13.0. The molecule has 0 bridgehead atoms. The summed E-state index contributed by atoms with van der Waals surface area (Å²) < 4.78 is 7.69. The Labute approximate surface area is 251 Å². The number of aromatic nitrogens is 3. The molecule has 2 heterocycles. The van der Waals surface area contributed by atoms with E-state index >= 15 is 0 Å². The molecule has 1 aliphatic rings. The van der Waals surface area contributed by atoms with Gasteiger partial charge in [-0.3, -0.25) is 14.2 Å². The van der Waals surface area contributed by atoms with E-state index in [1.165, 1.54) is 20.3 Å². The summed E-state index contributed by atoms with van der Waals surface area (Å²) in [6.07, 6.45) is 2.89. The number of carbonyl (C=O) groups is 1. The number of hydrogen-bond acceptors (Lipinski definition) is 7. The minimum atomic E-state index is -0.716. The Morgan fingerprint density at radius 3 is 2.50 bits per heavy atom. The first-order chi connectivity index (χ1) is 20.2. The third kappa shape index (κ3) is 5.34. The zero-order chi connectivity index (χ0) is 30.1. The van der Waals surface area contributed by atoms with Crippen molar-refractivity contribution in [1.29, 1.82) is 0 Å². The topological polar surface area (TPSA) is 127 Å². The van der Waals surface area contributed by atoms with Gasteiger partial charge in [-0.25, -0.2) is 9.78 Å². The molecule has 2 aromatic carbocycles. The van der Waals surface area contributed by atoms with Gasteiger partial charge in [0.1, 0.15) is 5.56 Å². The van der Waals surface area contributed by atoms with Gasteiger partial charge in [0.25, 0.3) is 11.5 Å². The standard InChI is InChI=1S/C30H29Cl2N5O5/c1-36-15-20(29(40)37(2)30(36)41)27(39)34-22-9-5-7-18(26(22)32)17-6-4-8-19(25(17)31)23-14-16-10-11-21(33-12-13-38)24(16)28(35-23)42-3/h4-9,14-15,21,33,38H,10-13H2,1-3H3,(H,34,39). The molecule has 1 aliphatic carbocycles. The molecule has 12 heteroatoms. The quantitative estimate of drug-likeness (QED) is 0.276. The number of hydrogen-bond donors (Lipinski definition) is 3. The molecule has 1 atom stereocenters. The number of fused-ring (bicyclic) bond motifs is 1. The maximum Gasteiger partial charge on any atom is 0.330 e. The first kappa shape index (κ1) is 29.5. The lowest BCUT2D eigenvalue weighted by Gasteiger charge is -2.18. The van der Waals surface area contributed by atoms with Gasteiger partial charge in [-0.15, -0.1) is 0 Å². The molecule has 3 N–H and O–H groups in total. The van der Waals surface area contributed by atoms with E-state index in [1.807, 2.05) is 24.3 Å². The Bertz CT molecular complexity index is 1820. The Hall–Kier alpha value is -3.96. The third-order valence-corrected chi connectivity index (χ3v) is 8.17. The van der Waals surface area contributed by atoms with Gasteiger partial charge >= 0.3 is 5.69 Å². The number of rotatable bonds is 8. The van der Waals surface area contributed by atoms with Crippen LogP contribution in [0.4, 0.5) is 5.69 Å². The van der Waals surface area contributed by atoms with Crippen molar-refractivity contribution >= 4 is 34.8 Å². The van der Waals surface area contributed by atoms with Gasteiger partial charge in [0.15, 0.2) is 0 Å². The summed E-state index contributed by atoms with van der Waals surface area (Å²) in [6, 6.07) is 12.7. The van der Waals surface area contributed by atoms with Crippen molar-refractivity contribution in [3.63, 3.8) is 0 Å². The fraction of sp³-hybridized carbons (Fsp3) is 0.267. The molecule has 1 amide bonds. The Morgan fingerprint density at radius 2 is 1.79 bits per heavy atom. The van der Waals surface area contributed by atoms with Crippen molar-refractivity contribution < 1.29 is 14.6 Å². The fourth-order valence-electron chi connectivity index (χ4n) is 5.27. The zero-order valence-corrected chi connectivity index (χ0v) is 24.7. The monoisotopic (exact) mass is 609 g/mol. The minimum Gasteiger partial charge on any atom is -0.481 e. The number of pyridine rings is 1. The van der Waals surface area contributed by atoms with E-state index in [2.05, 4.69) is 10.6 Å². The summed E-state index contributed by atoms with van der Waals surface area (Å²) in [5.74, 6) is -0.199. The van der Waals surface area contributed by atoms with E-state index in [0.29, 0.717) is 39.8 Å². The molecule has 2 aromatic heterocycles. The molecule has 42 heavy (non-hydrogen) atoms. The van der Waals surface area contributed by atoms with Gasteiger partial charge in [0.05, 0.1) is 35.1 Å². The lowest BCUT2D eigenvalue weighted by atomic mass is 9.99. The molecule has 10 nitrogen and oxygen atoms in total. The highest BCUT2D eigenvalue weighted by Gasteiger charge is 2.28. The number of nitrogens with zero attached hydrogens (tertiary/aromatic N) is 3. The molecule has 0 radical (unpaired) electrons. The molecular weight excluding hydrogens is 581 g/mol. The number of aliphatic hydroxyl groups is 1. The number of nitrogens with one attached hydrogen (secondary N) is 2. The molecule has 0 spiro atoms.